The Morgan fingerprint density at radius 2 is 1.93 bits per heavy atom. The van der Waals surface area contributed by atoms with Crippen LogP contribution in [0.15, 0.2) is 47.7 Å². The molecule has 2 N–H and O–H groups in total. The van der Waals surface area contributed by atoms with E-state index in [0.717, 1.165) is 10.5 Å². The first-order valence-corrected chi connectivity index (χ1v) is 9.76. The first-order valence-electron chi connectivity index (χ1n) is 9.00. The molecule has 0 atom stereocenters. The molecule has 0 aliphatic carbocycles. The monoisotopic (exact) mass is 436 g/mol. The Bertz CT molecular complexity index is 987. The van der Waals surface area contributed by atoms with Crippen molar-refractivity contribution in [3.8, 4) is 0 Å². The van der Waals surface area contributed by atoms with Gasteiger partial charge in [-0.2, -0.15) is 0 Å². The Kier molecular flexibility index (Phi) is 6.45. The lowest BCUT2D eigenvalue weighted by Crippen LogP contribution is -2.31. The fraction of sp³-hybridized carbons (Fsp3) is 0.238. The van der Waals surface area contributed by atoms with E-state index in [4.69, 9.17) is 23.2 Å². The molecule has 2 amide bonds. The lowest BCUT2D eigenvalue weighted by Gasteiger charge is -2.17. The average molecular weight is 437 g/mol. The molecule has 5 nitrogen and oxygen atoms in total. The third kappa shape index (κ3) is 4.54. The molecule has 29 heavy (non-hydrogen) atoms. The van der Waals surface area contributed by atoms with Crippen LogP contribution in [0.1, 0.15) is 17.5 Å². The van der Waals surface area contributed by atoms with Crippen molar-refractivity contribution < 1.29 is 19.1 Å². The number of carbonyl (C=O) groups excluding carboxylic acids is 2. The molecule has 0 saturated carbocycles. The summed E-state index contributed by atoms with van der Waals surface area (Å²) in [6.45, 7) is 1.82. The van der Waals surface area contributed by atoms with E-state index in [0.29, 0.717) is 35.0 Å². The van der Waals surface area contributed by atoms with E-state index in [1.165, 1.54) is 12.1 Å². The number of nitrogens with one attached hydrogen (secondary N) is 1. The van der Waals surface area contributed by atoms with Gasteiger partial charge in [0.2, 0.25) is 0 Å². The fourth-order valence-corrected chi connectivity index (χ4v) is 3.70. The average Bonchev–Trinajstić information content (AvgIpc) is 2.96. The zero-order valence-corrected chi connectivity index (χ0v) is 17.1. The van der Waals surface area contributed by atoms with Gasteiger partial charge in [0.15, 0.2) is 5.76 Å². The molecule has 0 radical (unpaired) electrons. The number of hydrogen-bond donors (Lipinski definition) is 2. The van der Waals surface area contributed by atoms with Gasteiger partial charge >= 0.3 is 0 Å². The molecule has 1 aliphatic rings. The molecule has 1 aliphatic heterocycles. The maximum atomic E-state index is 14.2. The number of benzene rings is 2. The van der Waals surface area contributed by atoms with Crippen LogP contribution in [-0.2, 0) is 16.0 Å². The normalized spacial score (nSPS) is 13.9. The van der Waals surface area contributed by atoms with Crippen LogP contribution in [0.4, 0.5) is 10.1 Å². The molecule has 0 spiro atoms. The summed E-state index contributed by atoms with van der Waals surface area (Å²) in [5.41, 5.74) is 1.42. The summed E-state index contributed by atoms with van der Waals surface area (Å²) in [4.78, 5) is 25.7. The molecule has 2 aromatic carbocycles. The summed E-state index contributed by atoms with van der Waals surface area (Å²) in [6, 6.07) is 9.63. The van der Waals surface area contributed by atoms with Crippen molar-refractivity contribution in [1.82, 2.24) is 5.32 Å². The van der Waals surface area contributed by atoms with Crippen molar-refractivity contribution >= 4 is 40.7 Å². The number of carbonyl (C=O) groups is 2. The molecule has 0 unspecified atom stereocenters. The maximum absolute atomic E-state index is 14.2. The van der Waals surface area contributed by atoms with Gasteiger partial charge in [-0.05, 0) is 55.2 Å². The molecule has 3 rings (SSSR count). The topological polar surface area (TPSA) is 69.6 Å². The summed E-state index contributed by atoms with van der Waals surface area (Å²) >= 11 is 12.2. The van der Waals surface area contributed by atoms with Gasteiger partial charge < -0.3 is 10.4 Å². The van der Waals surface area contributed by atoms with Crippen molar-refractivity contribution in [1.29, 1.82) is 0 Å². The van der Waals surface area contributed by atoms with Gasteiger partial charge in [-0.1, -0.05) is 35.3 Å². The minimum absolute atomic E-state index is 0.0170. The van der Waals surface area contributed by atoms with Gasteiger partial charge in [0.05, 0.1) is 17.8 Å². The number of rotatable bonds is 6. The minimum Gasteiger partial charge on any atom is -0.503 e. The van der Waals surface area contributed by atoms with Crippen LogP contribution < -0.4 is 10.2 Å². The lowest BCUT2D eigenvalue weighted by atomic mass is 10.1. The molecule has 1 heterocycles. The van der Waals surface area contributed by atoms with E-state index >= 15 is 0 Å². The number of hydrogen-bond acceptors (Lipinski definition) is 3. The number of anilines is 1. The molecule has 0 bridgehead atoms. The van der Waals surface area contributed by atoms with Crippen LogP contribution >= 0.6 is 23.2 Å². The van der Waals surface area contributed by atoms with Crippen LogP contribution in [0, 0.1) is 12.7 Å². The van der Waals surface area contributed by atoms with Crippen molar-refractivity contribution in [2.24, 2.45) is 0 Å². The maximum Gasteiger partial charge on any atom is 0.294 e. The predicted octanol–water partition coefficient (Wildman–Crippen LogP) is 4.35. The highest BCUT2D eigenvalue weighted by Gasteiger charge is 2.35. The molecule has 0 fully saturated rings. The molecule has 2 aromatic rings. The zero-order chi connectivity index (χ0) is 21.1. The van der Waals surface area contributed by atoms with Gasteiger partial charge in [-0.25, -0.2) is 4.39 Å². The van der Waals surface area contributed by atoms with E-state index in [2.05, 4.69) is 5.32 Å². The Morgan fingerprint density at radius 3 is 2.59 bits per heavy atom. The Balaban J connectivity index is 1.60. The second kappa shape index (κ2) is 8.84. The fourth-order valence-electron chi connectivity index (χ4n) is 3.11. The molecule has 8 heteroatoms. The minimum atomic E-state index is -0.805. The third-order valence-electron chi connectivity index (χ3n) is 4.67. The summed E-state index contributed by atoms with van der Waals surface area (Å²) in [5.74, 6) is -2.64. The zero-order valence-electron chi connectivity index (χ0n) is 15.6. The summed E-state index contributed by atoms with van der Waals surface area (Å²) in [6.07, 6.45) is 1.12. The van der Waals surface area contributed by atoms with Crippen molar-refractivity contribution in [2.75, 3.05) is 18.0 Å². The lowest BCUT2D eigenvalue weighted by molar-refractivity contribution is -0.119. The van der Waals surface area contributed by atoms with Gasteiger partial charge in [0.25, 0.3) is 11.8 Å². The van der Waals surface area contributed by atoms with Crippen LogP contribution in [0.3, 0.4) is 0 Å². The Labute approximate surface area is 177 Å². The number of aliphatic hydroxyl groups excluding tert-OH is 1. The van der Waals surface area contributed by atoms with Crippen molar-refractivity contribution in [3.63, 3.8) is 0 Å². The van der Waals surface area contributed by atoms with Crippen LogP contribution in [0.5, 0.6) is 0 Å². The quantitative estimate of drug-likeness (QED) is 0.661. The van der Waals surface area contributed by atoms with Crippen molar-refractivity contribution in [3.05, 3.63) is 74.7 Å². The number of aryl methyl sites for hydroxylation is 1. The summed E-state index contributed by atoms with van der Waals surface area (Å²) in [7, 11) is 0. The van der Waals surface area contributed by atoms with Crippen LogP contribution in [-0.4, -0.2) is 30.0 Å². The van der Waals surface area contributed by atoms with Gasteiger partial charge in [0.1, 0.15) is 5.82 Å². The standard InChI is InChI=1S/C21H19Cl2FN2O3/c1-12-7-8-18(17(24)10-12)26-11-14(19(27)21(26)29)20(28)25-9-3-4-13-15(22)5-2-6-16(13)23/h2,5-8,10,27H,3-4,9,11H2,1H3,(H,25,28). The molecular formula is C21H19Cl2FN2O3. The highest BCUT2D eigenvalue weighted by Crippen LogP contribution is 2.28. The second-order valence-corrected chi connectivity index (χ2v) is 7.55. The smallest absolute Gasteiger partial charge is 0.294 e. The van der Waals surface area contributed by atoms with E-state index in [-0.39, 0.29) is 17.8 Å². The third-order valence-corrected chi connectivity index (χ3v) is 5.38. The first-order chi connectivity index (χ1) is 13.8. The van der Waals surface area contributed by atoms with E-state index in [1.54, 1.807) is 31.2 Å². The Morgan fingerprint density at radius 1 is 1.24 bits per heavy atom. The predicted molar refractivity (Wildman–Crippen MR) is 111 cm³/mol. The largest absolute Gasteiger partial charge is 0.503 e. The highest BCUT2D eigenvalue weighted by atomic mass is 35.5. The van der Waals surface area contributed by atoms with Crippen LogP contribution in [0.25, 0.3) is 0 Å². The van der Waals surface area contributed by atoms with E-state index in [1.807, 2.05) is 0 Å². The van der Waals surface area contributed by atoms with Crippen molar-refractivity contribution in [2.45, 2.75) is 19.8 Å². The number of amides is 2. The molecule has 152 valence electrons. The summed E-state index contributed by atoms with van der Waals surface area (Å²) in [5, 5.41) is 13.9. The first kappa shape index (κ1) is 21.1. The number of halogens is 3. The Hall–Kier alpha value is -2.57. The summed E-state index contributed by atoms with van der Waals surface area (Å²) < 4.78 is 14.2. The molecular weight excluding hydrogens is 418 g/mol. The van der Waals surface area contributed by atoms with Crippen LogP contribution in [0.2, 0.25) is 10.0 Å². The SMILES string of the molecule is Cc1ccc(N2CC(C(=O)NCCCc3c(Cl)cccc3Cl)=C(O)C2=O)c(F)c1. The van der Waals surface area contributed by atoms with Gasteiger partial charge in [0, 0.05) is 16.6 Å². The number of aliphatic hydroxyl groups is 1. The second-order valence-electron chi connectivity index (χ2n) is 6.73. The van der Waals surface area contributed by atoms with E-state index < -0.39 is 23.4 Å². The van der Waals surface area contributed by atoms with E-state index in [9.17, 15) is 19.1 Å². The molecule has 0 aromatic heterocycles. The van der Waals surface area contributed by atoms with Gasteiger partial charge in [-0.15, -0.1) is 0 Å². The number of nitrogens with zero attached hydrogens (tertiary/aromatic N) is 1. The molecule has 0 saturated heterocycles. The highest BCUT2D eigenvalue weighted by molar-refractivity contribution is 6.36. The van der Waals surface area contributed by atoms with Gasteiger partial charge in [-0.3, -0.25) is 14.5 Å².